The second-order valence-corrected chi connectivity index (χ2v) is 32.0. The lowest BCUT2D eigenvalue weighted by Crippen LogP contribution is -2.47. The lowest BCUT2D eigenvalue weighted by molar-refractivity contribution is 0.0459. The second-order valence-electron chi connectivity index (χ2n) is 32.0. The Morgan fingerprint density at radius 2 is 0.746 bits per heavy atom. The Bertz CT molecular complexity index is 5420. The molecule has 2 aromatic carbocycles. The zero-order valence-corrected chi connectivity index (χ0v) is 66.5. The van der Waals surface area contributed by atoms with Crippen LogP contribution in [0.3, 0.4) is 0 Å². The number of hydrogen-bond donors (Lipinski definition) is 0. The summed E-state index contributed by atoms with van der Waals surface area (Å²) in [5.41, 5.74) is 10.5. The molecule has 12 unspecified atom stereocenters. The molecule has 118 heavy (non-hydrogen) atoms. The molecule has 8 aliphatic rings. The standard InChI is InChI=1S/C24H24N4O2.C23H21FN4O2.2C21H22N6O2/c1-15-4-6-18(19(10-15)23-25-8-3-9-26-23)24(29)28-14-17-11-20(28)21(12-17)30-22-7-5-16(2)13-27-22;1-14-6-7-20(27-12-14)30-19-11-15-10-18(19)28(13-15)23(29)16-4-2-5-17(24)21(16)22-25-8-3-9-26-22;1-13-3-6-19(22-11-13)29-18-10-15-9-17(18)26(12-15)21(28)16-5-4-14(2)25-20(16)27-23-7-8-24-27;1-13-3-4-19(22-10-13)29-18-9-15-8-16(18)26(12-15)21(28)20-17(7-14(2)11-23-20)27-24-5-6-25-27/h3-10,13,17,20-21H,11-12,14H2,1-2H3;2-9,12,15,18-19H,10-11,13H2,1H3;3-8,11,15,17-18H,9-10,12H2,1-2H3;3-7,10-11,15-16,18H,8-9,12H2,1-2H3. The van der Waals surface area contributed by atoms with Gasteiger partial charge in [0.1, 0.15) is 35.9 Å². The molecule has 4 aliphatic heterocycles. The third kappa shape index (κ3) is 16.5. The van der Waals surface area contributed by atoms with Gasteiger partial charge in [0, 0.05) is 117 Å². The van der Waals surface area contributed by atoms with Gasteiger partial charge in [0.05, 0.1) is 71.2 Å². The molecule has 0 radical (unpaired) electrons. The van der Waals surface area contributed by atoms with Crippen LogP contribution in [0.4, 0.5) is 4.39 Å². The third-order valence-electron chi connectivity index (χ3n) is 23.3. The van der Waals surface area contributed by atoms with Crippen LogP contribution in [0.25, 0.3) is 34.3 Å². The maximum absolute atomic E-state index is 14.7. The van der Waals surface area contributed by atoms with Gasteiger partial charge in [-0.2, -0.15) is 20.4 Å². The van der Waals surface area contributed by atoms with Gasteiger partial charge >= 0.3 is 0 Å². The van der Waals surface area contributed by atoms with Gasteiger partial charge in [-0.05, 0) is 206 Å². The maximum atomic E-state index is 14.7. The number of rotatable bonds is 16. The van der Waals surface area contributed by atoms with Crippen molar-refractivity contribution in [2.75, 3.05) is 26.2 Å². The summed E-state index contributed by atoms with van der Waals surface area (Å²) in [7, 11) is 0. The highest BCUT2D eigenvalue weighted by atomic mass is 19.1. The summed E-state index contributed by atoms with van der Waals surface area (Å²) in [6, 6.07) is 34.9. The Morgan fingerprint density at radius 3 is 1.18 bits per heavy atom. The normalized spacial score (nSPS) is 22.6. The number of pyridine rings is 6. The summed E-state index contributed by atoms with van der Waals surface area (Å²) in [6.45, 7) is 16.7. The predicted molar refractivity (Wildman–Crippen MR) is 431 cm³/mol. The van der Waals surface area contributed by atoms with Crippen LogP contribution < -0.4 is 18.9 Å². The van der Waals surface area contributed by atoms with Gasteiger partial charge in [-0.25, -0.2) is 54.2 Å². The first kappa shape index (κ1) is 77.4. The summed E-state index contributed by atoms with van der Waals surface area (Å²) in [5.74, 6) is 4.53. The molecule has 12 atom stereocenters. The van der Waals surface area contributed by atoms with Crippen LogP contribution in [-0.4, -0.2) is 198 Å². The molecule has 20 rings (SSSR count). The van der Waals surface area contributed by atoms with Gasteiger partial charge in [0.25, 0.3) is 23.6 Å². The van der Waals surface area contributed by atoms with Crippen molar-refractivity contribution in [2.45, 2.75) is 148 Å². The molecular weight excluding hydrogens is 1500 g/mol. The number of fused-ring (bicyclic) bond motifs is 8. The third-order valence-corrected chi connectivity index (χ3v) is 23.3. The molecule has 8 fully saturated rings. The van der Waals surface area contributed by atoms with E-state index in [-0.39, 0.29) is 89.2 Å². The highest BCUT2D eigenvalue weighted by molar-refractivity contribution is 6.02. The van der Waals surface area contributed by atoms with Gasteiger partial charge in [-0.3, -0.25) is 19.2 Å². The molecule has 4 saturated heterocycles. The average Bonchev–Trinajstić information content (AvgIpc) is 1.60. The zero-order chi connectivity index (χ0) is 81.2. The van der Waals surface area contributed by atoms with Crippen LogP contribution in [0.15, 0.2) is 196 Å². The van der Waals surface area contributed by atoms with E-state index in [0.717, 1.165) is 116 Å². The minimum Gasteiger partial charge on any atom is -0.472 e. The average molecular weight is 1590 g/mol. The number of likely N-dealkylation sites (tertiary alicyclic amines) is 4. The van der Waals surface area contributed by atoms with E-state index < -0.39 is 5.82 Å². The minimum atomic E-state index is -0.506. The molecule has 4 aliphatic carbocycles. The molecule has 4 saturated carbocycles. The number of aromatic nitrogens is 16. The fourth-order valence-corrected chi connectivity index (χ4v) is 17.8. The van der Waals surface area contributed by atoms with Gasteiger partial charge in [-0.15, -0.1) is 9.59 Å². The topological polar surface area (TPSA) is 308 Å². The fourth-order valence-electron chi connectivity index (χ4n) is 17.8. The van der Waals surface area contributed by atoms with E-state index in [2.05, 4.69) is 70.2 Å². The number of carbonyl (C=O) groups excluding carboxylic acids is 4. The summed E-state index contributed by atoms with van der Waals surface area (Å²) in [4.78, 5) is 108. The van der Waals surface area contributed by atoms with E-state index in [1.54, 1.807) is 98.6 Å². The van der Waals surface area contributed by atoms with E-state index >= 15 is 0 Å². The van der Waals surface area contributed by atoms with E-state index in [1.165, 1.54) is 15.7 Å². The van der Waals surface area contributed by atoms with Crippen molar-refractivity contribution in [1.82, 2.24) is 99.4 Å². The molecule has 8 bridgehead atoms. The van der Waals surface area contributed by atoms with Gasteiger partial charge in [0.2, 0.25) is 23.5 Å². The summed E-state index contributed by atoms with van der Waals surface area (Å²) in [5, 5.41) is 16.7. The number of aryl methyl sites for hydroxylation is 7. The molecular formula is C89H89FN20O8. The Balaban J connectivity index is 0.000000113. The molecule has 14 heterocycles. The molecule has 0 spiro atoms. The van der Waals surface area contributed by atoms with Crippen molar-refractivity contribution in [3.8, 4) is 57.8 Å². The van der Waals surface area contributed by atoms with Crippen molar-refractivity contribution in [1.29, 1.82) is 0 Å². The minimum absolute atomic E-state index is 0.0233. The van der Waals surface area contributed by atoms with Crippen molar-refractivity contribution in [3.05, 3.63) is 263 Å². The first-order valence-corrected chi connectivity index (χ1v) is 40.1. The van der Waals surface area contributed by atoms with Crippen LogP contribution in [0, 0.1) is 78.0 Å². The number of amides is 4. The Hall–Kier alpha value is -13.2. The van der Waals surface area contributed by atoms with E-state index in [0.29, 0.717) is 87.9 Å². The fraction of sp³-hybridized carbons (Fsp3) is 0.348. The number of halogens is 1. The lowest BCUT2D eigenvalue weighted by atomic mass is 10.0. The number of benzene rings is 2. The largest absolute Gasteiger partial charge is 0.472 e. The molecule has 12 aromatic rings. The quantitative estimate of drug-likeness (QED) is 0.0867. The summed E-state index contributed by atoms with van der Waals surface area (Å²) in [6.07, 6.45) is 29.0. The van der Waals surface area contributed by atoms with E-state index in [9.17, 15) is 23.6 Å². The Morgan fingerprint density at radius 1 is 0.356 bits per heavy atom. The van der Waals surface area contributed by atoms with E-state index in [1.807, 2.05) is 159 Å². The first-order valence-electron chi connectivity index (χ1n) is 40.1. The maximum Gasteiger partial charge on any atom is 0.275 e. The van der Waals surface area contributed by atoms with Crippen LogP contribution in [0.2, 0.25) is 0 Å². The zero-order valence-electron chi connectivity index (χ0n) is 66.5. The SMILES string of the molecule is Cc1ccc(OC2CC3CC2N(C(=O)c2ccc(C)cc2-c2ncccn2)C3)nc1.Cc1ccc(OC2CC3CC2N(C(=O)c2ccc(C)nc2-n2nccn2)C3)nc1.Cc1ccc(OC2CC3CC2N(C(=O)c2cccc(F)c2-c2ncccn2)C3)nc1.Cc1ccc(OC2CC3CC2N(C(=O)c2ncc(C)cc2-n2nccn2)C3)nc1. The number of carbonyl (C=O) groups is 4. The molecule has 28 nitrogen and oxygen atoms in total. The number of piperidine rings is 4. The van der Waals surface area contributed by atoms with Crippen molar-refractivity contribution in [3.63, 3.8) is 0 Å². The number of hydrogen-bond acceptors (Lipinski definition) is 22. The molecule has 0 N–H and O–H groups in total. The van der Waals surface area contributed by atoms with E-state index in [4.69, 9.17) is 18.9 Å². The number of ether oxygens (including phenoxy) is 4. The number of nitrogens with zero attached hydrogens (tertiary/aromatic N) is 20. The smallest absolute Gasteiger partial charge is 0.275 e. The predicted octanol–water partition coefficient (Wildman–Crippen LogP) is 12.2. The Kier molecular flexibility index (Phi) is 22.0. The molecule has 29 heteroatoms. The Labute approximate surface area is 681 Å². The molecule has 10 aromatic heterocycles. The first-order chi connectivity index (χ1) is 57.3. The lowest BCUT2D eigenvalue weighted by Gasteiger charge is -2.33. The highest BCUT2D eigenvalue weighted by Gasteiger charge is 2.53. The highest BCUT2D eigenvalue weighted by Crippen LogP contribution is 2.46. The van der Waals surface area contributed by atoms with Crippen LogP contribution >= 0.6 is 0 Å². The van der Waals surface area contributed by atoms with Crippen molar-refractivity contribution in [2.24, 2.45) is 23.7 Å². The van der Waals surface area contributed by atoms with Gasteiger partial charge in [-0.1, -0.05) is 42.0 Å². The van der Waals surface area contributed by atoms with Crippen LogP contribution in [-0.2, 0) is 0 Å². The molecule has 600 valence electrons. The molecule has 4 amide bonds. The van der Waals surface area contributed by atoms with Crippen LogP contribution in [0.1, 0.15) is 132 Å². The monoisotopic (exact) mass is 1580 g/mol. The summed E-state index contributed by atoms with van der Waals surface area (Å²) < 4.78 is 39.3. The second kappa shape index (κ2) is 33.6. The van der Waals surface area contributed by atoms with Gasteiger partial charge in [0.15, 0.2) is 23.2 Å². The van der Waals surface area contributed by atoms with Crippen molar-refractivity contribution < 1.29 is 42.5 Å². The van der Waals surface area contributed by atoms with Crippen molar-refractivity contribution >= 4 is 23.6 Å². The van der Waals surface area contributed by atoms with Crippen LogP contribution in [0.5, 0.6) is 23.5 Å². The van der Waals surface area contributed by atoms with Gasteiger partial charge < -0.3 is 38.5 Å². The summed E-state index contributed by atoms with van der Waals surface area (Å²) >= 11 is 0.